The van der Waals surface area contributed by atoms with Crippen molar-refractivity contribution < 1.29 is 24.2 Å². The molecule has 0 unspecified atom stereocenters. The number of thioether (sulfide) groups is 1. The quantitative estimate of drug-likeness (QED) is 0.674. The van der Waals surface area contributed by atoms with E-state index in [1.54, 1.807) is 31.4 Å². The lowest BCUT2D eigenvalue weighted by Gasteiger charge is -2.16. The summed E-state index contributed by atoms with van der Waals surface area (Å²) in [7, 11) is 1.57. The number of amides is 2. The first-order valence-corrected chi connectivity index (χ1v) is 9.08. The monoisotopic (exact) mass is 365 g/mol. The van der Waals surface area contributed by atoms with Gasteiger partial charge in [0.2, 0.25) is 0 Å². The molecule has 0 spiro atoms. The van der Waals surface area contributed by atoms with Crippen LogP contribution in [0.2, 0.25) is 0 Å². The number of carbonyl (C=O) groups excluding carboxylic acids is 2. The molecule has 136 valence electrons. The molecule has 2 rings (SSSR count). The molecule has 1 heterocycles. The number of hydrogen-bond donors (Lipinski definition) is 1. The number of carbonyl (C=O) groups is 2. The molecular formula is C18H23NO5S. The molecule has 0 saturated heterocycles. The van der Waals surface area contributed by atoms with Crippen LogP contribution in [0.4, 0.5) is 0 Å². The number of methoxy groups -OCH3 is 1. The Morgan fingerprint density at radius 2 is 1.84 bits per heavy atom. The second kappa shape index (κ2) is 9.03. The highest BCUT2D eigenvalue weighted by molar-refractivity contribution is 8.04. The van der Waals surface area contributed by atoms with Crippen molar-refractivity contribution in [3.05, 3.63) is 34.7 Å². The Balaban J connectivity index is 2.28. The van der Waals surface area contributed by atoms with Crippen molar-refractivity contribution in [1.82, 2.24) is 4.90 Å². The van der Waals surface area contributed by atoms with Gasteiger partial charge >= 0.3 is 0 Å². The Morgan fingerprint density at radius 1 is 1.16 bits per heavy atom. The Hall–Kier alpha value is -1.83. The van der Waals surface area contributed by atoms with Crippen molar-refractivity contribution in [3.63, 3.8) is 0 Å². The molecule has 0 atom stereocenters. The third-order valence-corrected chi connectivity index (χ3v) is 4.66. The lowest BCUT2D eigenvalue weighted by molar-refractivity contribution is -0.137. The molecule has 25 heavy (non-hydrogen) atoms. The third kappa shape index (κ3) is 4.62. The van der Waals surface area contributed by atoms with Crippen molar-refractivity contribution in [2.45, 2.75) is 20.0 Å². The standard InChI is InChI=1S/C18H23NO5S/c1-12(2)24-10-8-19-17(21)15(16(18(19)22)25-11-9-20)13-4-6-14(23-3)7-5-13/h4-7,12,20H,8-11H2,1-3H3. The van der Waals surface area contributed by atoms with Crippen molar-refractivity contribution in [2.75, 3.05) is 32.6 Å². The smallest absolute Gasteiger partial charge is 0.268 e. The molecule has 0 bridgehead atoms. The van der Waals surface area contributed by atoms with Gasteiger partial charge in [-0.25, -0.2) is 0 Å². The average molecular weight is 365 g/mol. The van der Waals surface area contributed by atoms with Crippen molar-refractivity contribution in [1.29, 1.82) is 0 Å². The minimum Gasteiger partial charge on any atom is -0.497 e. The Labute approximate surface area is 151 Å². The second-order valence-electron chi connectivity index (χ2n) is 5.69. The highest BCUT2D eigenvalue weighted by atomic mass is 32.2. The highest BCUT2D eigenvalue weighted by Crippen LogP contribution is 2.36. The van der Waals surface area contributed by atoms with E-state index in [2.05, 4.69) is 0 Å². The van der Waals surface area contributed by atoms with Gasteiger partial charge in [0.15, 0.2) is 0 Å². The SMILES string of the molecule is COc1ccc(C2=C(SCCO)C(=O)N(CCOC(C)C)C2=O)cc1. The summed E-state index contributed by atoms with van der Waals surface area (Å²) < 4.78 is 10.6. The molecule has 1 aromatic rings. The molecule has 0 aromatic heterocycles. The first-order valence-electron chi connectivity index (χ1n) is 8.09. The fourth-order valence-electron chi connectivity index (χ4n) is 2.43. The number of hydrogen-bond acceptors (Lipinski definition) is 6. The fourth-order valence-corrected chi connectivity index (χ4v) is 3.31. The zero-order valence-corrected chi connectivity index (χ0v) is 15.5. The van der Waals surface area contributed by atoms with Crippen LogP contribution < -0.4 is 4.74 Å². The molecule has 7 heteroatoms. The number of nitrogens with zero attached hydrogens (tertiary/aromatic N) is 1. The molecule has 1 aromatic carbocycles. The summed E-state index contributed by atoms with van der Waals surface area (Å²) in [5.74, 6) is 0.363. The van der Waals surface area contributed by atoms with E-state index < -0.39 is 0 Å². The minimum atomic E-state index is -0.332. The van der Waals surface area contributed by atoms with Crippen LogP contribution >= 0.6 is 11.8 Å². The van der Waals surface area contributed by atoms with Crippen LogP contribution in [0.3, 0.4) is 0 Å². The van der Waals surface area contributed by atoms with Crippen LogP contribution in [0.25, 0.3) is 5.57 Å². The summed E-state index contributed by atoms with van der Waals surface area (Å²) in [4.78, 5) is 27.1. The van der Waals surface area contributed by atoms with Gasteiger partial charge in [-0.1, -0.05) is 12.1 Å². The van der Waals surface area contributed by atoms with E-state index in [0.717, 1.165) is 0 Å². The van der Waals surface area contributed by atoms with Crippen molar-refractivity contribution in [2.24, 2.45) is 0 Å². The number of benzene rings is 1. The summed E-state index contributed by atoms with van der Waals surface area (Å²) >= 11 is 1.20. The highest BCUT2D eigenvalue weighted by Gasteiger charge is 2.38. The molecule has 1 N–H and O–H groups in total. The maximum atomic E-state index is 12.8. The molecule has 0 fully saturated rings. The van der Waals surface area contributed by atoms with E-state index in [1.165, 1.54) is 16.7 Å². The van der Waals surface area contributed by atoms with Crippen LogP contribution in [0.1, 0.15) is 19.4 Å². The molecule has 6 nitrogen and oxygen atoms in total. The predicted octanol–water partition coefficient (Wildman–Crippen LogP) is 1.93. The van der Waals surface area contributed by atoms with Gasteiger partial charge in [-0.05, 0) is 31.5 Å². The van der Waals surface area contributed by atoms with Gasteiger partial charge in [-0.2, -0.15) is 0 Å². The normalized spacial score (nSPS) is 14.8. The van der Waals surface area contributed by atoms with Crippen LogP contribution in [-0.2, 0) is 14.3 Å². The van der Waals surface area contributed by atoms with Gasteiger partial charge in [0, 0.05) is 5.75 Å². The third-order valence-electron chi connectivity index (χ3n) is 3.61. The average Bonchev–Trinajstić information content (AvgIpc) is 2.83. The first-order chi connectivity index (χ1) is 12.0. The summed E-state index contributed by atoms with van der Waals surface area (Å²) in [6.45, 7) is 4.23. The Kier molecular flexibility index (Phi) is 7.04. The van der Waals surface area contributed by atoms with Crippen LogP contribution in [0, 0.1) is 0 Å². The number of aliphatic hydroxyl groups is 1. The van der Waals surface area contributed by atoms with Gasteiger partial charge < -0.3 is 14.6 Å². The lowest BCUT2D eigenvalue weighted by atomic mass is 10.1. The summed E-state index contributed by atoms with van der Waals surface area (Å²) in [5, 5.41) is 9.08. The molecule has 0 aliphatic carbocycles. The van der Waals surface area contributed by atoms with E-state index in [9.17, 15) is 9.59 Å². The summed E-state index contributed by atoms with van der Waals surface area (Å²) in [6.07, 6.45) is 0.0325. The fraction of sp³-hybridized carbons (Fsp3) is 0.444. The zero-order chi connectivity index (χ0) is 18.4. The molecule has 1 aliphatic rings. The van der Waals surface area contributed by atoms with Crippen molar-refractivity contribution >= 4 is 29.1 Å². The maximum Gasteiger partial charge on any atom is 0.268 e. The van der Waals surface area contributed by atoms with E-state index in [1.807, 2.05) is 13.8 Å². The van der Waals surface area contributed by atoms with Crippen molar-refractivity contribution in [3.8, 4) is 5.75 Å². The van der Waals surface area contributed by atoms with E-state index in [0.29, 0.717) is 34.2 Å². The van der Waals surface area contributed by atoms with Gasteiger partial charge in [0.25, 0.3) is 11.8 Å². The van der Waals surface area contributed by atoms with Gasteiger partial charge in [0.05, 0.1) is 43.5 Å². The van der Waals surface area contributed by atoms with E-state index in [-0.39, 0.29) is 31.1 Å². The van der Waals surface area contributed by atoms with Crippen LogP contribution in [0.5, 0.6) is 5.75 Å². The maximum absolute atomic E-state index is 12.8. The van der Waals surface area contributed by atoms with Gasteiger partial charge in [0.1, 0.15) is 5.75 Å². The second-order valence-corrected chi connectivity index (χ2v) is 6.79. The molecule has 1 aliphatic heterocycles. The number of ether oxygens (including phenoxy) is 2. The minimum absolute atomic E-state index is 0.0325. The summed E-state index contributed by atoms with van der Waals surface area (Å²) in [5.41, 5.74) is 1.03. The number of rotatable bonds is 9. The Bertz CT molecular complexity index is 654. The molecule has 2 amide bonds. The molecule has 0 radical (unpaired) electrons. The van der Waals surface area contributed by atoms with Crippen LogP contribution in [0.15, 0.2) is 29.2 Å². The lowest BCUT2D eigenvalue weighted by Crippen LogP contribution is -2.35. The van der Waals surface area contributed by atoms with Crippen LogP contribution in [-0.4, -0.2) is 60.5 Å². The van der Waals surface area contributed by atoms with E-state index in [4.69, 9.17) is 14.6 Å². The molecular weight excluding hydrogens is 342 g/mol. The van der Waals surface area contributed by atoms with Gasteiger partial charge in [-0.15, -0.1) is 11.8 Å². The predicted molar refractivity (Wildman–Crippen MR) is 97.3 cm³/mol. The molecule has 0 saturated carbocycles. The van der Waals surface area contributed by atoms with E-state index >= 15 is 0 Å². The number of aliphatic hydroxyl groups excluding tert-OH is 1. The zero-order valence-electron chi connectivity index (χ0n) is 14.7. The Morgan fingerprint density at radius 3 is 2.40 bits per heavy atom. The number of imide groups is 1. The van der Waals surface area contributed by atoms with Gasteiger partial charge in [-0.3, -0.25) is 14.5 Å². The topological polar surface area (TPSA) is 76.1 Å². The summed E-state index contributed by atoms with van der Waals surface area (Å²) in [6, 6.07) is 7.01. The largest absolute Gasteiger partial charge is 0.497 e. The first kappa shape index (κ1) is 19.5.